The van der Waals surface area contributed by atoms with Gasteiger partial charge in [0.1, 0.15) is 0 Å². The van der Waals surface area contributed by atoms with E-state index in [0.717, 1.165) is 9.79 Å². The zero-order valence-electron chi connectivity index (χ0n) is 12.1. The number of benzene rings is 2. The van der Waals surface area contributed by atoms with Crippen LogP contribution in [0.2, 0.25) is 0 Å². The summed E-state index contributed by atoms with van der Waals surface area (Å²) in [6.45, 7) is 0. The molecule has 0 fully saturated rings. The SMILES string of the molecule is COC(=O)c1ccc(SSc2cccc(C(=O)OC)c2)cc1. The van der Waals surface area contributed by atoms with Gasteiger partial charge in [-0.05, 0) is 42.5 Å². The Morgan fingerprint density at radius 1 is 0.773 bits per heavy atom. The van der Waals surface area contributed by atoms with Crippen LogP contribution in [0.1, 0.15) is 20.7 Å². The van der Waals surface area contributed by atoms with Crippen LogP contribution >= 0.6 is 21.6 Å². The second kappa shape index (κ2) is 7.91. The zero-order chi connectivity index (χ0) is 15.9. The average molecular weight is 334 g/mol. The number of esters is 2. The summed E-state index contributed by atoms with van der Waals surface area (Å²) in [6, 6.07) is 14.4. The highest BCUT2D eigenvalue weighted by molar-refractivity contribution is 8.76. The Hall–Kier alpha value is -1.92. The first-order valence-corrected chi connectivity index (χ1v) is 8.50. The summed E-state index contributed by atoms with van der Waals surface area (Å²) in [5, 5.41) is 0. The molecule has 0 aliphatic rings. The van der Waals surface area contributed by atoms with Crippen LogP contribution in [0.3, 0.4) is 0 Å². The number of carbonyl (C=O) groups is 2. The van der Waals surface area contributed by atoms with Gasteiger partial charge in [-0.25, -0.2) is 9.59 Å². The highest BCUT2D eigenvalue weighted by Crippen LogP contribution is 2.37. The molecule has 6 heteroatoms. The molecule has 0 aliphatic carbocycles. The van der Waals surface area contributed by atoms with E-state index in [-0.39, 0.29) is 11.9 Å². The van der Waals surface area contributed by atoms with Crippen LogP contribution in [-0.4, -0.2) is 26.2 Å². The molecule has 0 saturated heterocycles. The lowest BCUT2D eigenvalue weighted by molar-refractivity contribution is 0.0591. The lowest BCUT2D eigenvalue weighted by Crippen LogP contribution is -2.00. The van der Waals surface area contributed by atoms with Crippen molar-refractivity contribution in [3.63, 3.8) is 0 Å². The highest BCUT2D eigenvalue weighted by atomic mass is 33.1. The van der Waals surface area contributed by atoms with Crippen LogP contribution < -0.4 is 0 Å². The molecular weight excluding hydrogens is 320 g/mol. The first-order valence-electron chi connectivity index (χ1n) is 6.35. The summed E-state index contributed by atoms with van der Waals surface area (Å²) in [4.78, 5) is 24.8. The maximum Gasteiger partial charge on any atom is 0.337 e. The van der Waals surface area contributed by atoms with E-state index in [9.17, 15) is 9.59 Å². The standard InChI is InChI=1S/C16H14O4S2/c1-19-15(17)11-6-8-13(9-7-11)21-22-14-5-3-4-12(10-14)16(18)20-2/h3-10H,1-2H3. The van der Waals surface area contributed by atoms with Crippen LogP contribution in [0.25, 0.3) is 0 Å². The van der Waals surface area contributed by atoms with E-state index < -0.39 is 0 Å². The van der Waals surface area contributed by atoms with E-state index in [1.807, 2.05) is 24.3 Å². The maximum atomic E-state index is 11.5. The van der Waals surface area contributed by atoms with Crippen molar-refractivity contribution in [3.8, 4) is 0 Å². The fraction of sp³-hybridized carbons (Fsp3) is 0.125. The molecule has 0 N–H and O–H groups in total. The minimum atomic E-state index is -0.352. The van der Waals surface area contributed by atoms with E-state index in [4.69, 9.17) is 4.74 Å². The Labute approximate surface area is 136 Å². The number of carbonyl (C=O) groups excluding carboxylic acids is 2. The summed E-state index contributed by atoms with van der Waals surface area (Å²) in [5.41, 5.74) is 1.04. The molecule has 0 heterocycles. The maximum absolute atomic E-state index is 11.5. The van der Waals surface area contributed by atoms with Gasteiger partial charge < -0.3 is 9.47 Å². The molecule has 114 valence electrons. The quantitative estimate of drug-likeness (QED) is 0.607. The van der Waals surface area contributed by atoms with Gasteiger partial charge in [-0.15, -0.1) is 0 Å². The third kappa shape index (κ3) is 4.29. The summed E-state index contributed by atoms with van der Waals surface area (Å²) in [7, 11) is 5.79. The van der Waals surface area contributed by atoms with Crippen molar-refractivity contribution in [1.29, 1.82) is 0 Å². The van der Waals surface area contributed by atoms with Crippen molar-refractivity contribution in [2.45, 2.75) is 9.79 Å². The Balaban J connectivity index is 2.01. The van der Waals surface area contributed by atoms with E-state index >= 15 is 0 Å². The first kappa shape index (κ1) is 16.5. The lowest BCUT2D eigenvalue weighted by Gasteiger charge is -2.04. The predicted octanol–water partition coefficient (Wildman–Crippen LogP) is 4.06. The smallest absolute Gasteiger partial charge is 0.337 e. The Morgan fingerprint density at radius 2 is 1.36 bits per heavy atom. The molecule has 0 unspecified atom stereocenters. The van der Waals surface area contributed by atoms with Crippen LogP contribution in [-0.2, 0) is 9.47 Å². The molecule has 2 rings (SSSR count). The Morgan fingerprint density at radius 3 is 2.00 bits per heavy atom. The van der Waals surface area contributed by atoms with E-state index in [2.05, 4.69) is 4.74 Å². The highest BCUT2D eigenvalue weighted by Gasteiger charge is 2.07. The van der Waals surface area contributed by atoms with Crippen molar-refractivity contribution in [1.82, 2.24) is 0 Å². The Bertz CT molecular complexity index is 668. The minimum Gasteiger partial charge on any atom is -0.465 e. The summed E-state index contributed by atoms with van der Waals surface area (Å²) >= 11 is 0. The topological polar surface area (TPSA) is 52.6 Å². The Kier molecular flexibility index (Phi) is 5.91. The minimum absolute atomic E-state index is 0.352. The van der Waals surface area contributed by atoms with Gasteiger partial charge in [0.05, 0.1) is 25.3 Å². The number of hydrogen-bond acceptors (Lipinski definition) is 6. The molecule has 0 radical (unpaired) electrons. The third-order valence-corrected chi connectivity index (χ3v) is 5.16. The van der Waals surface area contributed by atoms with E-state index in [1.165, 1.54) is 25.0 Å². The van der Waals surface area contributed by atoms with Gasteiger partial charge in [0.2, 0.25) is 0 Å². The fourth-order valence-electron chi connectivity index (χ4n) is 1.65. The van der Waals surface area contributed by atoms with Crippen molar-refractivity contribution in [2.24, 2.45) is 0 Å². The van der Waals surface area contributed by atoms with Gasteiger partial charge in [0.25, 0.3) is 0 Å². The van der Waals surface area contributed by atoms with Gasteiger partial charge in [-0.1, -0.05) is 27.7 Å². The summed E-state index contributed by atoms with van der Waals surface area (Å²) in [6.07, 6.45) is 0. The van der Waals surface area contributed by atoms with Gasteiger partial charge in [0, 0.05) is 9.79 Å². The first-order chi connectivity index (χ1) is 10.6. The summed E-state index contributed by atoms with van der Waals surface area (Å²) in [5.74, 6) is -0.704. The lowest BCUT2D eigenvalue weighted by atomic mass is 10.2. The molecule has 0 spiro atoms. The van der Waals surface area contributed by atoms with Gasteiger partial charge in [-0.3, -0.25) is 0 Å². The molecule has 0 bridgehead atoms. The summed E-state index contributed by atoms with van der Waals surface area (Å²) < 4.78 is 9.36. The molecule has 0 aliphatic heterocycles. The van der Waals surface area contributed by atoms with Gasteiger partial charge in [-0.2, -0.15) is 0 Å². The molecule has 0 saturated carbocycles. The monoisotopic (exact) mass is 334 g/mol. The molecule has 2 aromatic carbocycles. The van der Waals surface area contributed by atoms with E-state index in [0.29, 0.717) is 11.1 Å². The van der Waals surface area contributed by atoms with Crippen molar-refractivity contribution < 1.29 is 19.1 Å². The second-order valence-corrected chi connectivity index (χ2v) is 6.48. The van der Waals surface area contributed by atoms with Crippen molar-refractivity contribution in [3.05, 3.63) is 59.7 Å². The third-order valence-electron chi connectivity index (χ3n) is 2.76. The zero-order valence-corrected chi connectivity index (χ0v) is 13.7. The van der Waals surface area contributed by atoms with Crippen LogP contribution in [0.15, 0.2) is 58.3 Å². The van der Waals surface area contributed by atoms with E-state index in [1.54, 1.807) is 35.1 Å². The average Bonchev–Trinajstić information content (AvgIpc) is 2.59. The predicted molar refractivity (Wildman–Crippen MR) is 87.3 cm³/mol. The second-order valence-electron chi connectivity index (χ2n) is 4.20. The number of hydrogen-bond donors (Lipinski definition) is 0. The molecule has 22 heavy (non-hydrogen) atoms. The number of ether oxygens (including phenoxy) is 2. The van der Waals surface area contributed by atoms with Gasteiger partial charge in [0.15, 0.2) is 0 Å². The van der Waals surface area contributed by atoms with Crippen molar-refractivity contribution >= 4 is 33.5 Å². The largest absolute Gasteiger partial charge is 0.465 e. The van der Waals surface area contributed by atoms with Gasteiger partial charge >= 0.3 is 11.9 Å². The number of rotatable bonds is 5. The molecule has 0 amide bonds. The number of methoxy groups -OCH3 is 2. The molecule has 0 atom stereocenters. The normalized spacial score (nSPS) is 10.1. The van der Waals surface area contributed by atoms with Crippen LogP contribution in [0.5, 0.6) is 0 Å². The van der Waals surface area contributed by atoms with Crippen molar-refractivity contribution in [2.75, 3.05) is 14.2 Å². The molecule has 0 aromatic heterocycles. The molecule has 2 aromatic rings. The van der Waals surface area contributed by atoms with Crippen LogP contribution in [0, 0.1) is 0 Å². The molecular formula is C16H14O4S2. The molecule has 4 nitrogen and oxygen atoms in total. The fourth-order valence-corrected chi connectivity index (χ4v) is 3.62. The van der Waals surface area contributed by atoms with Crippen LogP contribution in [0.4, 0.5) is 0 Å².